The van der Waals surface area contributed by atoms with Gasteiger partial charge in [-0.15, -0.1) is 0 Å². The quantitative estimate of drug-likeness (QED) is 0.578. The Kier molecular flexibility index (Phi) is 6.34. The van der Waals surface area contributed by atoms with Crippen molar-refractivity contribution < 1.29 is 14.6 Å². The number of ether oxygens (including phenoxy) is 2. The van der Waals surface area contributed by atoms with E-state index < -0.39 is 0 Å². The van der Waals surface area contributed by atoms with Crippen LogP contribution in [0.1, 0.15) is 6.92 Å². The number of hydrogen-bond acceptors (Lipinski definition) is 6. The molecule has 0 aromatic carbocycles. The second-order valence-electron chi connectivity index (χ2n) is 3.88. The number of nitrogens with two attached hydrogens (primary N) is 1. The molecule has 1 unspecified atom stereocenters. The number of hydrogen-bond donors (Lipinski definition) is 2. The molecule has 18 heavy (non-hydrogen) atoms. The van der Waals surface area contributed by atoms with Gasteiger partial charge in [0.05, 0.1) is 32.6 Å². The van der Waals surface area contributed by atoms with Crippen LogP contribution >= 0.6 is 0 Å². The number of aliphatic hydroxyl groups is 1. The van der Waals surface area contributed by atoms with Gasteiger partial charge in [0.15, 0.2) is 0 Å². The summed E-state index contributed by atoms with van der Waals surface area (Å²) >= 11 is 0. The first-order chi connectivity index (χ1) is 8.63. The highest BCUT2D eigenvalue weighted by atomic mass is 16.5. The average Bonchev–Trinajstić information content (AvgIpc) is 2.34. The molecule has 1 atom stereocenters. The normalized spacial score (nSPS) is 12.4. The van der Waals surface area contributed by atoms with Crippen LogP contribution in [0.4, 0.5) is 0 Å². The fourth-order valence-corrected chi connectivity index (χ4v) is 1.21. The van der Waals surface area contributed by atoms with Crippen molar-refractivity contribution in [3.05, 3.63) is 22.6 Å². The third kappa shape index (κ3) is 5.26. The molecule has 0 fully saturated rings. The summed E-state index contributed by atoms with van der Waals surface area (Å²) in [5.41, 5.74) is 5.28. The van der Waals surface area contributed by atoms with Crippen LogP contribution in [0.2, 0.25) is 0 Å². The maximum Gasteiger partial charge on any atom is 0.270 e. The van der Waals surface area contributed by atoms with E-state index >= 15 is 0 Å². The van der Waals surface area contributed by atoms with Crippen molar-refractivity contribution in [1.29, 1.82) is 0 Å². The van der Waals surface area contributed by atoms with Gasteiger partial charge in [-0.05, 0) is 6.92 Å². The van der Waals surface area contributed by atoms with Crippen LogP contribution in [0.3, 0.4) is 0 Å². The van der Waals surface area contributed by atoms with Crippen LogP contribution < -0.4 is 16.0 Å². The summed E-state index contributed by atoms with van der Waals surface area (Å²) in [6.45, 7) is 3.04. The molecule has 1 rings (SSSR count). The molecular weight excluding hydrogens is 238 g/mol. The molecule has 0 aliphatic carbocycles. The van der Waals surface area contributed by atoms with E-state index in [4.69, 9.17) is 20.3 Å². The Bertz CT molecular complexity index is 406. The molecule has 7 nitrogen and oxygen atoms in total. The minimum atomic E-state index is -0.259. The second kappa shape index (κ2) is 7.80. The van der Waals surface area contributed by atoms with E-state index in [-0.39, 0.29) is 24.8 Å². The van der Waals surface area contributed by atoms with Crippen LogP contribution in [-0.2, 0) is 11.3 Å². The lowest BCUT2D eigenvalue weighted by Gasteiger charge is -2.09. The molecule has 102 valence electrons. The fourth-order valence-electron chi connectivity index (χ4n) is 1.21. The molecule has 1 heterocycles. The van der Waals surface area contributed by atoms with Gasteiger partial charge in [0.2, 0.25) is 0 Å². The van der Waals surface area contributed by atoms with Crippen molar-refractivity contribution in [1.82, 2.24) is 9.78 Å². The molecule has 0 saturated heterocycles. The van der Waals surface area contributed by atoms with E-state index in [9.17, 15) is 4.79 Å². The third-order valence-electron chi connectivity index (χ3n) is 2.04. The van der Waals surface area contributed by atoms with Crippen molar-refractivity contribution in [3.63, 3.8) is 0 Å². The summed E-state index contributed by atoms with van der Waals surface area (Å²) in [6.07, 6.45) is 1.47. The summed E-state index contributed by atoms with van der Waals surface area (Å²) in [5, 5.41) is 12.5. The lowest BCUT2D eigenvalue weighted by molar-refractivity contribution is 0.0846. The van der Waals surface area contributed by atoms with Crippen LogP contribution in [0, 0.1) is 0 Å². The van der Waals surface area contributed by atoms with Crippen molar-refractivity contribution in [2.75, 3.05) is 26.4 Å². The highest BCUT2D eigenvalue weighted by Gasteiger charge is 2.02. The maximum absolute atomic E-state index is 11.6. The van der Waals surface area contributed by atoms with Gasteiger partial charge in [0.1, 0.15) is 12.4 Å². The smallest absolute Gasteiger partial charge is 0.270 e. The number of aromatic nitrogens is 2. The van der Waals surface area contributed by atoms with E-state index in [0.29, 0.717) is 25.5 Å². The first-order valence-electron chi connectivity index (χ1n) is 5.77. The van der Waals surface area contributed by atoms with E-state index in [1.807, 2.05) is 6.92 Å². The summed E-state index contributed by atoms with van der Waals surface area (Å²) in [5.74, 6) is 0.407. The van der Waals surface area contributed by atoms with Gasteiger partial charge in [-0.1, -0.05) is 0 Å². The van der Waals surface area contributed by atoms with Crippen LogP contribution in [0.5, 0.6) is 5.75 Å². The second-order valence-corrected chi connectivity index (χ2v) is 3.88. The van der Waals surface area contributed by atoms with Gasteiger partial charge in [-0.2, -0.15) is 5.10 Å². The summed E-state index contributed by atoms with van der Waals surface area (Å²) in [7, 11) is 0. The first kappa shape index (κ1) is 14.6. The fraction of sp³-hybridized carbons (Fsp3) is 0.636. The molecule has 0 amide bonds. The summed E-state index contributed by atoms with van der Waals surface area (Å²) in [6, 6.07) is 1.26. The average molecular weight is 257 g/mol. The first-order valence-corrected chi connectivity index (χ1v) is 5.77. The Hall–Kier alpha value is -1.44. The zero-order valence-corrected chi connectivity index (χ0v) is 10.4. The Morgan fingerprint density at radius 2 is 2.33 bits per heavy atom. The molecule has 7 heteroatoms. The molecule has 0 aliphatic heterocycles. The Balaban J connectivity index is 2.49. The molecule has 3 N–H and O–H groups in total. The van der Waals surface area contributed by atoms with E-state index in [1.54, 1.807) is 0 Å². The van der Waals surface area contributed by atoms with Gasteiger partial charge in [-0.25, -0.2) is 4.68 Å². The highest BCUT2D eigenvalue weighted by Crippen LogP contribution is 2.03. The summed E-state index contributed by atoms with van der Waals surface area (Å²) in [4.78, 5) is 11.6. The minimum Gasteiger partial charge on any atom is -0.490 e. The van der Waals surface area contributed by atoms with Crippen molar-refractivity contribution in [3.8, 4) is 5.75 Å². The van der Waals surface area contributed by atoms with Gasteiger partial charge in [0.25, 0.3) is 5.56 Å². The Morgan fingerprint density at radius 3 is 2.94 bits per heavy atom. The monoisotopic (exact) mass is 257 g/mol. The molecule has 0 radical (unpaired) electrons. The lowest BCUT2D eigenvalue weighted by atomic mass is 10.4. The predicted molar refractivity (Wildman–Crippen MR) is 65.5 cm³/mol. The van der Waals surface area contributed by atoms with Crippen LogP contribution in [0.15, 0.2) is 17.1 Å². The SMILES string of the molecule is CC(N)COc1cnn(CCOCCO)c(=O)c1. The summed E-state index contributed by atoms with van der Waals surface area (Å²) < 4.78 is 11.6. The van der Waals surface area contributed by atoms with Gasteiger partial charge in [0, 0.05) is 12.1 Å². The Labute approximate surface area is 105 Å². The maximum atomic E-state index is 11.6. The zero-order chi connectivity index (χ0) is 13.4. The van der Waals surface area contributed by atoms with Crippen molar-refractivity contribution >= 4 is 0 Å². The van der Waals surface area contributed by atoms with Crippen molar-refractivity contribution in [2.45, 2.75) is 19.5 Å². The molecule has 0 saturated carbocycles. The number of aliphatic hydroxyl groups excluding tert-OH is 1. The zero-order valence-electron chi connectivity index (χ0n) is 10.4. The minimum absolute atomic E-state index is 0.0353. The molecule has 0 bridgehead atoms. The molecule has 1 aromatic rings. The van der Waals surface area contributed by atoms with Gasteiger partial charge >= 0.3 is 0 Å². The molecule has 1 aromatic heterocycles. The Morgan fingerprint density at radius 1 is 1.56 bits per heavy atom. The van der Waals surface area contributed by atoms with Gasteiger partial charge in [-0.3, -0.25) is 4.79 Å². The largest absolute Gasteiger partial charge is 0.490 e. The van der Waals surface area contributed by atoms with Crippen molar-refractivity contribution in [2.24, 2.45) is 5.73 Å². The van der Waals surface area contributed by atoms with Gasteiger partial charge < -0.3 is 20.3 Å². The van der Waals surface area contributed by atoms with E-state index in [0.717, 1.165) is 0 Å². The third-order valence-corrected chi connectivity index (χ3v) is 2.04. The topological polar surface area (TPSA) is 99.6 Å². The standard InChI is InChI=1S/C11H19N3O4/c1-9(12)8-18-10-6-11(16)14(13-7-10)2-4-17-5-3-15/h6-7,9,15H,2-5,8,12H2,1H3. The molecule has 0 aliphatic rings. The predicted octanol–water partition coefficient (Wildman–Crippen LogP) is -1.02. The molecule has 0 spiro atoms. The number of nitrogens with zero attached hydrogens (tertiary/aromatic N) is 2. The molecular formula is C11H19N3O4. The van der Waals surface area contributed by atoms with E-state index in [1.165, 1.54) is 16.9 Å². The van der Waals surface area contributed by atoms with E-state index in [2.05, 4.69) is 5.10 Å². The van der Waals surface area contributed by atoms with Crippen LogP contribution in [0.25, 0.3) is 0 Å². The lowest BCUT2D eigenvalue weighted by Crippen LogP contribution is -2.26. The number of rotatable bonds is 8. The van der Waals surface area contributed by atoms with Crippen LogP contribution in [-0.4, -0.2) is 47.4 Å². The highest BCUT2D eigenvalue weighted by molar-refractivity contribution is 5.13.